The van der Waals surface area contributed by atoms with Crippen LogP contribution in [0, 0.1) is 0 Å². The lowest BCUT2D eigenvalue weighted by atomic mass is 9.72. The van der Waals surface area contributed by atoms with E-state index in [4.69, 9.17) is 0 Å². The summed E-state index contributed by atoms with van der Waals surface area (Å²) in [7, 11) is 0. The highest BCUT2D eigenvalue weighted by Crippen LogP contribution is 2.39. The van der Waals surface area contributed by atoms with Crippen LogP contribution in [0.5, 0.6) is 0 Å². The van der Waals surface area contributed by atoms with Gasteiger partial charge in [0.2, 0.25) is 5.91 Å². The number of amides is 1. The van der Waals surface area contributed by atoms with E-state index >= 15 is 0 Å². The van der Waals surface area contributed by atoms with Crippen LogP contribution in [0.3, 0.4) is 0 Å². The Morgan fingerprint density at radius 2 is 1.81 bits per heavy atom. The average molecular weight is 277 g/mol. The molecule has 0 bridgehead atoms. The zero-order chi connectivity index (χ0) is 14.9. The summed E-state index contributed by atoms with van der Waals surface area (Å²) in [6.45, 7) is 7.17. The van der Waals surface area contributed by atoms with E-state index in [0.717, 1.165) is 0 Å². The summed E-state index contributed by atoms with van der Waals surface area (Å²) >= 11 is 0. The molecule has 0 aliphatic carbocycles. The Hall–Kier alpha value is -2.35. The van der Waals surface area contributed by atoms with E-state index in [1.54, 1.807) is 0 Å². The summed E-state index contributed by atoms with van der Waals surface area (Å²) in [6.07, 6.45) is 1.40. The molecule has 2 heteroatoms. The van der Waals surface area contributed by atoms with Gasteiger partial charge in [-0.1, -0.05) is 61.2 Å². The minimum absolute atomic E-state index is 0.00772. The van der Waals surface area contributed by atoms with Crippen molar-refractivity contribution in [2.75, 3.05) is 6.54 Å². The van der Waals surface area contributed by atoms with Crippen LogP contribution in [0.4, 0.5) is 0 Å². The molecule has 0 spiro atoms. The smallest absolute Gasteiger partial charge is 0.246 e. The summed E-state index contributed by atoms with van der Waals surface area (Å²) in [6, 6.07) is 18.8. The Morgan fingerprint density at radius 3 is 2.52 bits per heavy atom. The Balaban J connectivity index is 2.14. The fraction of sp³-hybridized carbons (Fsp3) is 0.211. The second-order valence-electron chi connectivity index (χ2n) is 5.75. The molecule has 2 aromatic rings. The van der Waals surface area contributed by atoms with Crippen molar-refractivity contribution in [2.24, 2.45) is 0 Å². The highest BCUT2D eigenvalue weighted by molar-refractivity contribution is 5.87. The summed E-state index contributed by atoms with van der Waals surface area (Å²) < 4.78 is 0. The van der Waals surface area contributed by atoms with Crippen molar-refractivity contribution in [3.8, 4) is 0 Å². The number of hydrogen-bond acceptors (Lipinski definition) is 1. The SMILES string of the molecule is C=CC(=O)N1Cc2ccccc2[C@](C)(c2ccccc2)C1. The number of rotatable bonds is 2. The Bertz CT molecular complexity index is 677. The van der Waals surface area contributed by atoms with Crippen LogP contribution in [-0.2, 0) is 16.8 Å². The number of carbonyl (C=O) groups is 1. The van der Waals surface area contributed by atoms with Crippen molar-refractivity contribution in [3.63, 3.8) is 0 Å². The molecule has 2 nitrogen and oxygen atoms in total. The predicted octanol–water partition coefficient (Wildman–Crippen LogP) is 3.52. The van der Waals surface area contributed by atoms with Gasteiger partial charge in [-0.15, -0.1) is 0 Å². The van der Waals surface area contributed by atoms with Crippen LogP contribution in [-0.4, -0.2) is 17.4 Å². The number of nitrogens with zero attached hydrogens (tertiary/aromatic N) is 1. The predicted molar refractivity (Wildman–Crippen MR) is 85.0 cm³/mol. The summed E-state index contributed by atoms with van der Waals surface area (Å²) in [5.74, 6) is -0.00772. The molecule has 1 atom stereocenters. The molecule has 2 aromatic carbocycles. The molecule has 21 heavy (non-hydrogen) atoms. The third-order valence-corrected chi connectivity index (χ3v) is 4.38. The van der Waals surface area contributed by atoms with Crippen LogP contribution in [0.15, 0.2) is 67.3 Å². The van der Waals surface area contributed by atoms with Gasteiger partial charge in [-0.2, -0.15) is 0 Å². The summed E-state index contributed by atoms with van der Waals surface area (Å²) in [5, 5.41) is 0. The second-order valence-corrected chi connectivity index (χ2v) is 5.75. The van der Waals surface area contributed by atoms with Crippen molar-refractivity contribution >= 4 is 5.91 Å². The maximum atomic E-state index is 12.1. The minimum atomic E-state index is -0.186. The molecule has 0 saturated carbocycles. The molecule has 1 heterocycles. The van der Waals surface area contributed by atoms with E-state index in [9.17, 15) is 4.79 Å². The molecule has 0 aromatic heterocycles. The maximum Gasteiger partial charge on any atom is 0.246 e. The molecule has 0 unspecified atom stereocenters. The van der Waals surface area contributed by atoms with Gasteiger partial charge in [0, 0.05) is 18.5 Å². The van der Waals surface area contributed by atoms with Gasteiger partial charge in [0.15, 0.2) is 0 Å². The number of carbonyl (C=O) groups excluding carboxylic acids is 1. The third-order valence-electron chi connectivity index (χ3n) is 4.38. The van der Waals surface area contributed by atoms with E-state index in [0.29, 0.717) is 13.1 Å². The monoisotopic (exact) mass is 277 g/mol. The largest absolute Gasteiger partial charge is 0.334 e. The van der Waals surface area contributed by atoms with Crippen LogP contribution in [0.2, 0.25) is 0 Å². The normalized spacial score (nSPS) is 20.7. The van der Waals surface area contributed by atoms with Gasteiger partial charge in [-0.05, 0) is 29.7 Å². The minimum Gasteiger partial charge on any atom is -0.334 e. The highest BCUT2D eigenvalue weighted by atomic mass is 16.2. The molecule has 1 aliphatic rings. The van der Waals surface area contributed by atoms with E-state index < -0.39 is 0 Å². The first-order valence-electron chi connectivity index (χ1n) is 7.20. The van der Waals surface area contributed by atoms with E-state index in [2.05, 4.69) is 56.0 Å². The number of hydrogen-bond donors (Lipinski definition) is 0. The van der Waals surface area contributed by atoms with Crippen LogP contribution in [0.25, 0.3) is 0 Å². The van der Waals surface area contributed by atoms with Gasteiger partial charge in [-0.3, -0.25) is 4.79 Å². The molecule has 106 valence electrons. The lowest BCUT2D eigenvalue weighted by molar-refractivity contribution is -0.127. The van der Waals surface area contributed by atoms with Crippen molar-refractivity contribution in [3.05, 3.63) is 83.9 Å². The molecule has 3 rings (SSSR count). The van der Waals surface area contributed by atoms with Gasteiger partial charge in [0.25, 0.3) is 0 Å². The number of fused-ring (bicyclic) bond motifs is 1. The van der Waals surface area contributed by atoms with Crippen molar-refractivity contribution in [1.82, 2.24) is 4.90 Å². The Labute approximate surface area is 125 Å². The van der Waals surface area contributed by atoms with E-state index in [1.807, 2.05) is 17.0 Å². The van der Waals surface area contributed by atoms with Gasteiger partial charge >= 0.3 is 0 Å². The Kier molecular flexibility index (Phi) is 3.38. The second kappa shape index (κ2) is 5.21. The molecule has 0 radical (unpaired) electrons. The van der Waals surface area contributed by atoms with Gasteiger partial charge in [0.1, 0.15) is 0 Å². The van der Waals surface area contributed by atoms with Crippen LogP contribution >= 0.6 is 0 Å². The first kappa shape index (κ1) is 13.6. The lowest BCUT2D eigenvalue weighted by Gasteiger charge is -2.42. The summed E-state index contributed by atoms with van der Waals surface area (Å²) in [5.41, 5.74) is 3.57. The van der Waals surface area contributed by atoms with Crippen molar-refractivity contribution in [1.29, 1.82) is 0 Å². The lowest BCUT2D eigenvalue weighted by Crippen LogP contribution is -2.46. The highest BCUT2D eigenvalue weighted by Gasteiger charge is 2.37. The van der Waals surface area contributed by atoms with Crippen LogP contribution < -0.4 is 0 Å². The topological polar surface area (TPSA) is 20.3 Å². The molecule has 0 saturated heterocycles. The quantitative estimate of drug-likeness (QED) is 0.769. The third kappa shape index (κ3) is 2.27. The molecule has 1 aliphatic heterocycles. The fourth-order valence-electron chi connectivity index (χ4n) is 3.26. The standard InChI is InChI=1S/C19H19NO/c1-3-18(21)20-13-15-9-7-8-12-17(15)19(2,14-20)16-10-5-4-6-11-16/h3-12H,1,13-14H2,2H3/t19-/m0/s1. The molecule has 0 fully saturated rings. The van der Waals surface area contributed by atoms with Crippen molar-refractivity contribution < 1.29 is 4.79 Å². The van der Waals surface area contributed by atoms with Gasteiger partial charge in [0.05, 0.1) is 0 Å². The van der Waals surface area contributed by atoms with Gasteiger partial charge < -0.3 is 4.90 Å². The zero-order valence-electron chi connectivity index (χ0n) is 12.3. The maximum absolute atomic E-state index is 12.1. The summed E-state index contributed by atoms with van der Waals surface area (Å²) in [4.78, 5) is 14.0. The number of benzene rings is 2. The molecular formula is C19H19NO. The Morgan fingerprint density at radius 1 is 1.14 bits per heavy atom. The average Bonchev–Trinajstić information content (AvgIpc) is 2.55. The van der Waals surface area contributed by atoms with Crippen molar-refractivity contribution in [2.45, 2.75) is 18.9 Å². The fourth-order valence-corrected chi connectivity index (χ4v) is 3.26. The zero-order valence-corrected chi connectivity index (χ0v) is 12.3. The molecule has 1 amide bonds. The molecule has 0 N–H and O–H groups in total. The molecular weight excluding hydrogens is 258 g/mol. The van der Waals surface area contributed by atoms with E-state index in [-0.39, 0.29) is 11.3 Å². The first-order chi connectivity index (χ1) is 10.1. The van der Waals surface area contributed by atoms with E-state index in [1.165, 1.54) is 22.8 Å². The van der Waals surface area contributed by atoms with Gasteiger partial charge in [-0.25, -0.2) is 0 Å². The first-order valence-corrected chi connectivity index (χ1v) is 7.20. The van der Waals surface area contributed by atoms with Crippen LogP contribution in [0.1, 0.15) is 23.6 Å².